The van der Waals surface area contributed by atoms with Crippen molar-refractivity contribution in [3.8, 4) is 0 Å². The van der Waals surface area contributed by atoms with Crippen molar-refractivity contribution in [3.05, 3.63) is 35.0 Å². The Morgan fingerprint density at radius 2 is 2.08 bits per heavy atom. The number of nitrogens with zero attached hydrogens (tertiary/aromatic N) is 1. The second-order valence-corrected chi connectivity index (χ2v) is 3.43. The molecule has 0 spiro atoms. The van der Waals surface area contributed by atoms with Crippen LogP contribution in [-0.2, 0) is 0 Å². The summed E-state index contributed by atoms with van der Waals surface area (Å²) in [5.74, 6) is 0. The van der Waals surface area contributed by atoms with Crippen LogP contribution in [0, 0.1) is 6.92 Å². The van der Waals surface area contributed by atoms with Gasteiger partial charge in [0.2, 0.25) is 0 Å². The van der Waals surface area contributed by atoms with Gasteiger partial charge in [0, 0.05) is 11.1 Å². The SMILES string of the molecule is [B]c1ccc2nc(C)cc(Cl)c2c1. The Bertz CT molecular complexity index is 468. The van der Waals surface area contributed by atoms with Gasteiger partial charge in [-0.25, -0.2) is 0 Å². The van der Waals surface area contributed by atoms with Crippen LogP contribution in [0.5, 0.6) is 0 Å². The van der Waals surface area contributed by atoms with E-state index in [0.29, 0.717) is 10.5 Å². The number of benzene rings is 1. The highest BCUT2D eigenvalue weighted by atomic mass is 35.5. The molecule has 2 aromatic rings. The fourth-order valence-electron chi connectivity index (χ4n) is 1.33. The molecular weight excluding hydrogens is 180 g/mol. The van der Waals surface area contributed by atoms with Crippen molar-refractivity contribution in [2.45, 2.75) is 6.92 Å². The van der Waals surface area contributed by atoms with Gasteiger partial charge in [-0.1, -0.05) is 29.2 Å². The first kappa shape index (κ1) is 8.58. The second-order valence-electron chi connectivity index (χ2n) is 3.02. The molecule has 0 aliphatic rings. The summed E-state index contributed by atoms with van der Waals surface area (Å²) in [6.07, 6.45) is 0. The van der Waals surface area contributed by atoms with E-state index in [1.807, 2.05) is 31.2 Å². The fraction of sp³-hybridized carbons (Fsp3) is 0.100. The predicted molar refractivity (Wildman–Crippen MR) is 56.9 cm³/mol. The van der Waals surface area contributed by atoms with Gasteiger partial charge in [0.25, 0.3) is 0 Å². The molecule has 0 aliphatic heterocycles. The normalized spacial score (nSPS) is 10.6. The van der Waals surface area contributed by atoms with Gasteiger partial charge in [-0.3, -0.25) is 4.98 Å². The largest absolute Gasteiger partial charge is 0.253 e. The van der Waals surface area contributed by atoms with Crippen molar-refractivity contribution in [2.24, 2.45) is 0 Å². The fourth-order valence-corrected chi connectivity index (χ4v) is 1.64. The monoisotopic (exact) mass is 187 g/mol. The summed E-state index contributed by atoms with van der Waals surface area (Å²) < 4.78 is 0. The van der Waals surface area contributed by atoms with E-state index < -0.39 is 0 Å². The quantitative estimate of drug-likeness (QED) is 0.575. The average Bonchev–Trinajstić information content (AvgIpc) is 2.06. The van der Waals surface area contributed by atoms with Crippen LogP contribution < -0.4 is 5.46 Å². The lowest BCUT2D eigenvalue weighted by Gasteiger charge is -2.02. The van der Waals surface area contributed by atoms with E-state index in [1.165, 1.54) is 0 Å². The minimum atomic E-state index is 0.704. The first-order valence-corrected chi connectivity index (χ1v) is 4.37. The molecule has 0 fully saturated rings. The number of halogens is 1. The molecule has 0 unspecified atom stereocenters. The van der Waals surface area contributed by atoms with Crippen molar-refractivity contribution in [1.29, 1.82) is 0 Å². The van der Waals surface area contributed by atoms with E-state index in [9.17, 15) is 0 Å². The van der Waals surface area contributed by atoms with Gasteiger partial charge in [0.05, 0.1) is 10.5 Å². The highest BCUT2D eigenvalue weighted by Crippen LogP contribution is 2.21. The Morgan fingerprint density at radius 3 is 2.85 bits per heavy atom. The van der Waals surface area contributed by atoms with Crippen LogP contribution >= 0.6 is 11.6 Å². The molecule has 0 bridgehead atoms. The standard InChI is InChI=1S/C10H7BClN/c1-6-4-9(12)8-5-7(11)2-3-10(8)13-6/h2-5H,1H3. The third-order valence-electron chi connectivity index (χ3n) is 1.91. The van der Waals surface area contributed by atoms with Crippen LogP contribution in [0.15, 0.2) is 24.3 Å². The van der Waals surface area contributed by atoms with Crippen molar-refractivity contribution < 1.29 is 0 Å². The molecule has 0 saturated heterocycles. The number of pyridine rings is 1. The van der Waals surface area contributed by atoms with Crippen LogP contribution in [0.3, 0.4) is 0 Å². The molecule has 1 aromatic carbocycles. The molecule has 3 heteroatoms. The number of aromatic nitrogens is 1. The molecule has 0 saturated carbocycles. The zero-order valence-electron chi connectivity index (χ0n) is 7.21. The lowest BCUT2D eigenvalue weighted by molar-refractivity contribution is 1.26. The number of aryl methyl sites for hydroxylation is 1. The number of hydrogen-bond acceptors (Lipinski definition) is 1. The molecule has 2 rings (SSSR count). The second kappa shape index (κ2) is 3.04. The van der Waals surface area contributed by atoms with Crippen molar-refractivity contribution in [2.75, 3.05) is 0 Å². The van der Waals surface area contributed by atoms with Gasteiger partial charge in [-0.15, -0.1) is 0 Å². The van der Waals surface area contributed by atoms with Gasteiger partial charge >= 0.3 is 0 Å². The van der Waals surface area contributed by atoms with Crippen LogP contribution in [0.1, 0.15) is 5.69 Å². The maximum atomic E-state index is 6.04. The minimum absolute atomic E-state index is 0.704. The topological polar surface area (TPSA) is 12.9 Å². The molecule has 1 aromatic heterocycles. The first-order valence-electron chi connectivity index (χ1n) is 3.99. The van der Waals surface area contributed by atoms with Crippen molar-refractivity contribution >= 4 is 35.8 Å². The van der Waals surface area contributed by atoms with Crippen LogP contribution in [0.2, 0.25) is 5.02 Å². The highest BCUT2D eigenvalue weighted by molar-refractivity contribution is 6.37. The summed E-state index contributed by atoms with van der Waals surface area (Å²) in [5, 5.41) is 1.61. The van der Waals surface area contributed by atoms with Crippen LogP contribution in [0.4, 0.5) is 0 Å². The van der Waals surface area contributed by atoms with E-state index in [0.717, 1.165) is 16.6 Å². The maximum Gasteiger partial charge on any atom is 0.113 e. The molecule has 0 atom stereocenters. The molecule has 0 N–H and O–H groups in total. The molecule has 2 radical (unpaired) electrons. The Kier molecular flexibility index (Phi) is 2.00. The van der Waals surface area contributed by atoms with Crippen LogP contribution in [-0.4, -0.2) is 12.8 Å². The highest BCUT2D eigenvalue weighted by Gasteiger charge is 2.00. The molecule has 13 heavy (non-hydrogen) atoms. The lowest BCUT2D eigenvalue weighted by atomic mass is 9.95. The minimum Gasteiger partial charge on any atom is -0.253 e. The lowest BCUT2D eigenvalue weighted by Crippen LogP contribution is -2.00. The van der Waals surface area contributed by atoms with Crippen molar-refractivity contribution in [3.63, 3.8) is 0 Å². The molecule has 1 heterocycles. The Hall–Kier alpha value is -1.02. The third kappa shape index (κ3) is 1.54. The summed E-state index contributed by atoms with van der Waals surface area (Å²) in [6.45, 7) is 1.92. The van der Waals surface area contributed by atoms with Gasteiger partial charge in [0.1, 0.15) is 7.85 Å². The smallest absolute Gasteiger partial charge is 0.113 e. The molecule has 0 aliphatic carbocycles. The summed E-state index contributed by atoms with van der Waals surface area (Å²) in [5.41, 5.74) is 2.52. The molecule has 1 nitrogen and oxygen atoms in total. The molecular formula is C10H7BClN. The summed E-state index contributed by atoms with van der Waals surface area (Å²) >= 11 is 6.04. The maximum absolute atomic E-state index is 6.04. The number of hydrogen-bond donors (Lipinski definition) is 0. The van der Waals surface area contributed by atoms with E-state index in [-0.39, 0.29) is 0 Å². The van der Waals surface area contributed by atoms with Crippen molar-refractivity contribution in [1.82, 2.24) is 4.98 Å². The summed E-state index contributed by atoms with van der Waals surface area (Å²) in [6, 6.07) is 7.38. The number of rotatable bonds is 0. The summed E-state index contributed by atoms with van der Waals surface area (Å²) in [4.78, 5) is 4.34. The molecule has 0 amide bonds. The van der Waals surface area contributed by atoms with Gasteiger partial charge in [-0.05, 0) is 19.1 Å². The van der Waals surface area contributed by atoms with E-state index in [4.69, 9.17) is 19.4 Å². The zero-order valence-corrected chi connectivity index (χ0v) is 7.97. The Labute approximate surface area is 83.2 Å². The molecule has 62 valence electrons. The van der Waals surface area contributed by atoms with Crippen LogP contribution in [0.25, 0.3) is 10.9 Å². The Balaban J connectivity index is 2.87. The van der Waals surface area contributed by atoms with Gasteiger partial charge in [-0.2, -0.15) is 0 Å². The first-order chi connectivity index (χ1) is 6.16. The van der Waals surface area contributed by atoms with E-state index in [1.54, 1.807) is 0 Å². The van der Waals surface area contributed by atoms with Gasteiger partial charge in [0.15, 0.2) is 0 Å². The predicted octanol–water partition coefficient (Wildman–Crippen LogP) is 1.99. The zero-order chi connectivity index (χ0) is 9.42. The van der Waals surface area contributed by atoms with Gasteiger partial charge < -0.3 is 0 Å². The number of fused-ring (bicyclic) bond motifs is 1. The third-order valence-corrected chi connectivity index (χ3v) is 2.22. The van der Waals surface area contributed by atoms with E-state index >= 15 is 0 Å². The average molecular weight is 187 g/mol. The van der Waals surface area contributed by atoms with E-state index in [2.05, 4.69) is 4.98 Å². The summed E-state index contributed by atoms with van der Waals surface area (Å²) in [7, 11) is 5.64. The Morgan fingerprint density at radius 1 is 1.31 bits per heavy atom.